The van der Waals surface area contributed by atoms with Gasteiger partial charge >= 0.3 is 0 Å². The van der Waals surface area contributed by atoms with E-state index in [2.05, 4.69) is 120 Å². The molecule has 330 valence electrons. The molecule has 0 aliphatic rings. The maximum absolute atomic E-state index is 5.47. The van der Waals surface area contributed by atoms with E-state index in [4.69, 9.17) is 29.9 Å². The molecule has 0 aliphatic carbocycles. The van der Waals surface area contributed by atoms with Gasteiger partial charge in [-0.25, -0.2) is 29.9 Å². The molecule has 0 radical (unpaired) electrons. The number of fused-ring (bicyclic) bond motifs is 6. The first-order valence-electron chi connectivity index (χ1n) is 23.5. The third-order valence-electron chi connectivity index (χ3n) is 13.1. The summed E-state index contributed by atoms with van der Waals surface area (Å²) in [7, 11) is 0. The molecule has 9 aromatic carbocycles. The van der Waals surface area contributed by atoms with Crippen molar-refractivity contribution in [2.75, 3.05) is 0 Å². The van der Waals surface area contributed by atoms with E-state index in [1.807, 2.05) is 121 Å². The Morgan fingerprint density at radius 1 is 0.271 bits per heavy atom. The Kier molecular flexibility index (Phi) is 9.76. The lowest BCUT2D eigenvalue weighted by molar-refractivity contribution is 1.05. The van der Waals surface area contributed by atoms with Crippen molar-refractivity contribution in [2.45, 2.75) is 13.8 Å². The van der Waals surface area contributed by atoms with E-state index in [1.165, 1.54) is 11.1 Å². The lowest BCUT2D eigenvalue weighted by atomic mass is 10.0. The second kappa shape index (κ2) is 16.7. The van der Waals surface area contributed by atoms with Gasteiger partial charge in [-0.1, -0.05) is 181 Å². The van der Waals surface area contributed by atoms with Gasteiger partial charge < -0.3 is 9.13 Å². The van der Waals surface area contributed by atoms with Gasteiger partial charge in [-0.15, -0.1) is 0 Å². The zero-order valence-electron chi connectivity index (χ0n) is 38.4. The quantitative estimate of drug-likeness (QED) is 0.151. The predicted octanol–water partition coefficient (Wildman–Crippen LogP) is 14.9. The van der Waals surface area contributed by atoms with Crippen molar-refractivity contribution in [3.8, 4) is 79.7 Å². The van der Waals surface area contributed by atoms with Crippen LogP contribution in [0.15, 0.2) is 218 Å². The maximum Gasteiger partial charge on any atom is 0.166 e. The van der Waals surface area contributed by atoms with Gasteiger partial charge in [0.2, 0.25) is 0 Å². The minimum absolute atomic E-state index is 0.501. The van der Waals surface area contributed by atoms with Gasteiger partial charge in [-0.3, -0.25) is 0 Å². The van der Waals surface area contributed by atoms with Gasteiger partial charge in [-0.2, -0.15) is 0 Å². The smallest absolute Gasteiger partial charge is 0.166 e. The Labute approximate surface area is 404 Å². The largest absolute Gasteiger partial charge is 0.309 e. The van der Waals surface area contributed by atoms with Crippen LogP contribution in [0.3, 0.4) is 0 Å². The molecule has 13 rings (SSSR count). The molecule has 4 heterocycles. The molecule has 8 nitrogen and oxygen atoms in total. The summed E-state index contributed by atoms with van der Waals surface area (Å²) < 4.78 is 4.71. The van der Waals surface area contributed by atoms with Crippen molar-refractivity contribution >= 4 is 43.6 Å². The highest BCUT2D eigenvalue weighted by atomic mass is 15.1. The summed E-state index contributed by atoms with van der Waals surface area (Å²) in [5.41, 5.74) is 13.3. The van der Waals surface area contributed by atoms with Crippen LogP contribution in [0.25, 0.3) is 123 Å². The molecule has 0 spiro atoms. The van der Waals surface area contributed by atoms with E-state index in [0.717, 1.165) is 88.4 Å². The molecule has 0 fully saturated rings. The fraction of sp³-hybridized carbons (Fsp3) is 0.0323. The van der Waals surface area contributed by atoms with Crippen molar-refractivity contribution in [1.29, 1.82) is 0 Å². The van der Waals surface area contributed by atoms with Crippen LogP contribution in [0, 0.1) is 13.8 Å². The first-order chi connectivity index (χ1) is 34.5. The van der Waals surface area contributed by atoms with Crippen molar-refractivity contribution in [3.05, 3.63) is 230 Å². The lowest BCUT2D eigenvalue weighted by Crippen LogP contribution is -2.09. The monoisotopic (exact) mass is 898 g/mol. The first-order valence-corrected chi connectivity index (χ1v) is 23.5. The maximum atomic E-state index is 5.47. The van der Waals surface area contributed by atoms with Crippen LogP contribution >= 0.6 is 0 Å². The van der Waals surface area contributed by atoms with Crippen molar-refractivity contribution in [2.24, 2.45) is 0 Å². The topological polar surface area (TPSA) is 87.2 Å². The van der Waals surface area contributed by atoms with E-state index >= 15 is 0 Å². The molecule has 13 aromatic rings. The molecular weight excluding hydrogens is 857 g/mol. The van der Waals surface area contributed by atoms with E-state index in [1.54, 1.807) is 0 Å². The summed E-state index contributed by atoms with van der Waals surface area (Å²) in [6, 6.07) is 75.6. The molecule has 70 heavy (non-hydrogen) atoms. The van der Waals surface area contributed by atoms with Gasteiger partial charge in [-0.05, 0) is 62.4 Å². The van der Waals surface area contributed by atoms with Crippen LogP contribution in [0.1, 0.15) is 11.1 Å². The Morgan fingerprint density at radius 2 is 0.586 bits per heavy atom. The summed E-state index contributed by atoms with van der Waals surface area (Å²) in [5, 5.41) is 4.57. The Bertz CT molecular complexity index is 3750. The second-order valence-corrected chi connectivity index (χ2v) is 17.7. The summed E-state index contributed by atoms with van der Waals surface area (Å²) in [6.45, 7) is 4.30. The van der Waals surface area contributed by atoms with Crippen LogP contribution in [0.2, 0.25) is 0 Å². The Hall–Kier alpha value is -9.40. The molecule has 0 unspecified atom stereocenters. The molecule has 0 bridgehead atoms. The number of rotatable bonds is 8. The molecule has 0 aliphatic heterocycles. The number of aryl methyl sites for hydroxylation is 2. The zero-order valence-corrected chi connectivity index (χ0v) is 38.4. The highest BCUT2D eigenvalue weighted by molar-refractivity contribution is 6.12. The van der Waals surface area contributed by atoms with Gasteiger partial charge in [0, 0.05) is 60.6 Å². The average molecular weight is 899 g/mol. The van der Waals surface area contributed by atoms with Crippen LogP contribution in [-0.4, -0.2) is 39.0 Å². The standard InChI is InChI=1S/C62H42N8/c1-39-31-33-54-48(35-39)49-36-40(2)32-34-55(49)70(54)56-50(61-65-57(41-19-7-3-8-20-41)63-58(66-61)42-21-9-4-10-22-42)37-45(69-52-29-17-15-27-46(52)47-28-16-18-30-53(47)69)38-51(56)62-67-59(43-23-11-5-12-24-43)64-60(68-62)44-25-13-6-14-26-44/h3-38H,1-2H3. The number of para-hydroxylation sites is 2. The molecule has 0 N–H and O–H groups in total. The van der Waals surface area contributed by atoms with Gasteiger partial charge in [0.25, 0.3) is 0 Å². The van der Waals surface area contributed by atoms with Gasteiger partial charge in [0.05, 0.1) is 27.8 Å². The third kappa shape index (κ3) is 7.00. The number of aromatic nitrogens is 8. The second-order valence-electron chi connectivity index (χ2n) is 17.7. The van der Waals surface area contributed by atoms with Crippen molar-refractivity contribution in [1.82, 2.24) is 39.0 Å². The predicted molar refractivity (Wildman–Crippen MR) is 284 cm³/mol. The van der Waals surface area contributed by atoms with E-state index in [0.29, 0.717) is 34.9 Å². The van der Waals surface area contributed by atoms with Gasteiger partial charge in [0.1, 0.15) is 0 Å². The highest BCUT2D eigenvalue weighted by Crippen LogP contribution is 2.44. The van der Waals surface area contributed by atoms with Crippen LogP contribution < -0.4 is 0 Å². The summed E-state index contributed by atoms with van der Waals surface area (Å²) >= 11 is 0. The number of hydrogen-bond donors (Lipinski definition) is 0. The molecule has 0 amide bonds. The Morgan fingerprint density at radius 3 is 0.957 bits per heavy atom. The summed E-state index contributed by atoms with van der Waals surface area (Å²) in [4.78, 5) is 32.2. The molecular formula is C62H42N8. The SMILES string of the molecule is Cc1ccc2c(c1)c1cc(C)ccc1n2-c1c(-c2nc(-c3ccccc3)nc(-c3ccccc3)n2)cc(-n2c3ccccc3c3ccccc32)cc1-c1nc(-c2ccccc2)nc(-c2ccccc2)n1. The molecule has 0 saturated carbocycles. The summed E-state index contributed by atoms with van der Waals surface area (Å²) in [5.74, 6) is 3.25. The summed E-state index contributed by atoms with van der Waals surface area (Å²) in [6.07, 6.45) is 0. The van der Waals surface area contributed by atoms with Crippen LogP contribution in [0.4, 0.5) is 0 Å². The third-order valence-corrected chi connectivity index (χ3v) is 13.1. The normalized spacial score (nSPS) is 11.6. The van der Waals surface area contributed by atoms with Crippen molar-refractivity contribution < 1.29 is 0 Å². The number of hydrogen-bond acceptors (Lipinski definition) is 6. The fourth-order valence-corrected chi connectivity index (χ4v) is 9.88. The molecule has 4 aromatic heterocycles. The fourth-order valence-electron chi connectivity index (χ4n) is 9.88. The number of benzene rings is 9. The molecule has 0 atom stereocenters. The minimum atomic E-state index is 0.501. The van der Waals surface area contributed by atoms with Crippen LogP contribution in [-0.2, 0) is 0 Å². The van der Waals surface area contributed by atoms with E-state index in [9.17, 15) is 0 Å². The highest BCUT2D eigenvalue weighted by Gasteiger charge is 2.27. The van der Waals surface area contributed by atoms with E-state index in [-0.39, 0.29) is 0 Å². The molecule has 8 heteroatoms. The van der Waals surface area contributed by atoms with Crippen molar-refractivity contribution in [3.63, 3.8) is 0 Å². The van der Waals surface area contributed by atoms with E-state index < -0.39 is 0 Å². The minimum Gasteiger partial charge on any atom is -0.309 e. The number of nitrogens with zero attached hydrogens (tertiary/aromatic N) is 8. The van der Waals surface area contributed by atoms with Gasteiger partial charge in [0.15, 0.2) is 34.9 Å². The lowest BCUT2D eigenvalue weighted by Gasteiger charge is -2.21. The zero-order chi connectivity index (χ0) is 46.7. The first kappa shape index (κ1) is 40.8. The molecule has 0 saturated heterocycles. The van der Waals surface area contributed by atoms with Crippen LogP contribution in [0.5, 0.6) is 0 Å². The Balaban J connectivity index is 1.25. The average Bonchev–Trinajstić information content (AvgIpc) is 3.93.